The molecule has 0 unspecified atom stereocenters. The Kier molecular flexibility index (Phi) is 10.7. The molecular formula is C16H32IN5O3S. The SMILES string of the molecule is CCNC(=NCc1c(CC)noc1CC)NCC(C)(C)NS(C)(=O)=O.I. The molecule has 1 heterocycles. The van der Waals surface area contributed by atoms with Gasteiger partial charge in [-0.2, -0.15) is 0 Å². The highest BCUT2D eigenvalue weighted by atomic mass is 127. The Labute approximate surface area is 174 Å². The lowest BCUT2D eigenvalue weighted by atomic mass is 10.1. The number of nitrogens with one attached hydrogen (secondary N) is 3. The first-order valence-corrected chi connectivity index (χ1v) is 10.5. The van der Waals surface area contributed by atoms with E-state index in [4.69, 9.17) is 4.52 Å². The fraction of sp³-hybridized carbons (Fsp3) is 0.750. The van der Waals surface area contributed by atoms with Crippen molar-refractivity contribution >= 4 is 40.0 Å². The van der Waals surface area contributed by atoms with E-state index in [9.17, 15) is 8.42 Å². The van der Waals surface area contributed by atoms with Gasteiger partial charge in [-0.05, 0) is 27.2 Å². The summed E-state index contributed by atoms with van der Waals surface area (Å²) >= 11 is 0. The summed E-state index contributed by atoms with van der Waals surface area (Å²) in [4.78, 5) is 4.59. The molecule has 1 aromatic heterocycles. The molecule has 0 aromatic carbocycles. The van der Waals surface area contributed by atoms with Crippen LogP contribution in [0.2, 0.25) is 0 Å². The van der Waals surface area contributed by atoms with Crippen molar-refractivity contribution in [1.29, 1.82) is 0 Å². The number of halogens is 1. The van der Waals surface area contributed by atoms with E-state index >= 15 is 0 Å². The van der Waals surface area contributed by atoms with Crippen molar-refractivity contribution in [3.05, 3.63) is 17.0 Å². The minimum Gasteiger partial charge on any atom is -0.361 e. The van der Waals surface area contributed by atoms with Crippen LogP contribution in [0.25, 0.3) is 0 Å². The lowest BCUT2D eigenvalue weighted by Gasteiger charge is -2.26. The predicted molar refractivity (Wildman–Crippen MR) is 116 cm³/mol. The Bertz CT molecular complexity index is 665. The maximum absolute atomic E-state index is 11.4. The molecule has 26 heavy (non-hydrogen) atoms. The number of aromatic nitrogens is 1. The number of sulfonamides is 1. The summed E-state index contributed by atoms with van der Waals surface area (Å²) in [6, 6.07) is 0. The third-order valence-electron chi connectivity index (χ3n) is 3.51. The molecule has 152 valence electrons. The molecule has 0 amide bonds. The van der Waals surface area contributed by atoms with Gasteiger partial charge in [0.2, 0.25) is 10.0 Å². The molecule has 0 bridgehead atoms. The minimum atomic E-state index is -3.28. The first-order chi connectivity index (χ1) is 11.6. The van der Waals surface area contributed by atoms with Crippen molar-refractivity contribution in [3.63, 3.8) is 0 Å². The Hall–Kier alpha value is -0.880. The van der Waals surface area contributed by atoms with Gasteiger partial charge >= 0.3 is 0 Å². The summed E-state index contributed by atoms with van der Waals surface area (Å²) in [5.41, 5.74) is 1.32. The highest BCUT2D eigenvalue weighted by molar-refractivity contribution is 14.0. The second-order valence-corrected chi connectivity index (χ2v) is 8.29. The van der Waals surface area contributed by atoms with Gasteiger partial charge in [-0.25, -0.2) is 18.1 Å². The predicted octanol–water partition coefficient (Wildman–Crippen LogP) is 1.80. The van der Waals surface area contributed by atoms with Crippen LogP contribution in [-0.2, 0) is 29.4 Å². The monoisotopic (exact) mass is 501 g/mol. The lowest BCUT2D eigenvalue weighted by molar-refractivity contribution is 0.380. The van der Waals surface area contributed by atoms with E-state index in [0.29, 0.717) is 25.6 Å². The van der Waals surface area contributed by atoms with Crippen molar-refractivity contribution in [3.8, 4) is 0 Å². The van der Waals surface area contributed by atoms with Crippen molar-refractivity contribution in [2.75, 3.05) is 19.3 Å². The van der Waals surface area contributed by atoms with Gasteiger partial charge in [0.15, 0.2) is 5.96 Å². The Balaban J connectivity index is 0.00000625. The third-order valence-corrected chi connectivity index (χ3v) is 4.43. The first-order valence-electron chi connectivity index (χ1n) is 8.59. The van der Waals surface area contributed by atoms with E-state index < -0.39 is 15.6 Å². The van der Waals surface area contributed by atoms with Crippen LogP contribution >= 0.6 is 24.0 Å². The van der Waals surface area contributed by atoms with Crippen molar-refractivity contribution < 1.29 is 12.9 Å². The molecule has 0 aliphatic heterocycles. The average molecular weight is 501 g/mol. The van der Waals surface area contributed by atoms with Crippen LogP contribution in [0.4, 0.5) is 0 Å². The normalized spacial score (nSPS) is 12.6. The Morgan fingerprint density at radius 3 is 2.35 bits per heavy atom. The second-order valence-electron chi connectivity index (χ2n) is 6.54. The van der Waals surface area contributed by atoms with Gasteiger partial charge in [-0.15, -0.1) is 24.0 Å². The van der Waals surface area contributed by atoms with Crippen molar-refractivity contribution in [1.82, 2.24) is 20.5 Å². The van der Waals surface area contributed by atoms with Gasteiger partial charge in [0, 0.05) is 30.6 Å². The van der Waals surface area contributed by atoms with Crippen LogP contribution in [0.1, 0.15) is 51.6 Å². The molecule has 3 N–H and O–H groups in total. The zero-order chi connectivity index (χ0) is 19.1. The molecule has 1 aromatic rings. The number of hydrogen-bond acceptors (Lipinski definition) is 5. The second kappa shape index (κ2) is 11.1. The van der Waals surface area contributed by atoms with Gasteiger partial charge in [0.25, 0.3) is 0 Å². The molecule has 8 nitrogen and oxygen atoms in total. The topological polar surface area (TPSA) is 109 Å². The van der Waals surface area contributed by atoms with Gasteiger partial charge in [0.1, 0.15) is 5.76 Å². The molecule has 0 saturated heterocycles. The lowest BCUT2D eigenvalue weighted by Crippen LogP contribution is -2.53. The van der Waals surface area contributed by atoms with Gasteiger partial charge in [-0.3, -0.25) is 0 Å². The summed E-state index contributed by atoms with van der Waals surface area (Å²) in [7, 11) is -3.28. The van der Waals surface area contributed by atoms with Crippen LogP contribution in [0.15, 0.2) is 9.52 Å². The van der Waals surface area contributed by atoms with Crippen LogP contribution < -0.4 is 15.4 Å². The number of aliphatic imine (C=N–C) groups is 1. The Morgan fingerprint density at radius 1 is 1.19 bits per heavy atom. The summed E-state index contributed by atoms with van der Waals surface area (Å²) in [6.07, 6.45) is 2.72. The fourth-order valence-corrected chi connectivity index (χ4v) is 3.54. The summed E-state index contributed by atoms with van der Waals surface area (Å²) in [5.74, 6) is 1.48. The van der Waals surface area contributed by atoms with Crippen LogP contribution in [-0.4, -0.2) is 44.4 Å². The zero-order valence-corrected chi connectivity index (χ0v) is 19.6. The van der Waals surface area contributed by atoms with Crippen LogP contribution in [0, 0.1) is 0 Å². The van der Waals surface area contributed by atoms with E-state index in [0.717, 1.165) is 36.1 Å². The van der Waals surface area contributed by atoms with Crippen LogP contribution in [0.5, 0.6) is 0 Å². The zero-order valence-electron chi connectivity index (χ0n) is 16.5. The summed E-state index contributed by atoms with van der Waals surface area (Å²) in [5, 5.41) is 10.4. The molecule has 0 radical (unpaired) electrons. The van der Waals surface area contributed by atoms with E-state index in [1.54, 1.807) is 0 Å². The molecular weight excluding hydrogens is 469 g/mol. The molecule has 0 spiro atoms. The number of hydrogen-bond donors (Lipinski definition) is 3. The molecule has 0 aliphatic carbocycles. The van der Waals surface area contributed by atoms with E-state index in [-0.39, 0.29) is 24.0 Å². The largest absolute Gasteiger partial charge is 0.361 e. The van der Waals surface area contributed by atoms with Crippen LogP contribution in [0.3, 0.4) is 0 Å². The minimum absolute atomic E-state index is 0. The van der Waals surface area contributed by atoms with Gasteiger partial charge in [-0.1, -0.05) is 19.0 Å². The van der Waals surface area contributed by atoms with Crippen molar-refractivity contribution in [2.24, 2.45) is 4.99 Å². The smallest absolute Gasteiger partial charge is 0.209 e. The number of nitrogens with zero attached hydrogens (tertiary/aromatic N) is 2. The van der Waals surface area contributed by atoms with Gasteiger partial charge < -0.3 is 15.2 Å². The number of aryl methyl sites for hydroxylation is 2. The fourth-order valence-electron chi connectivity index (χ4n) is 2.46. The Morgan fingerprint density at radius 2 is 1.85 bits per heavy atom. The molecule has 10 heteroatoms. The number of rotatable bonds is 9. The number of guanidine groups is 1. The first kappa shape index (κ1) is 25.1. The van der Waals surface area contributed by atoms with E-state index in [1.807, 2.05) is 34.6 Å². The average Bonchev–Trinajstić information content (AvgIpc) is 2.89. The summed E-state index contributed by atoms with van der Waals surface area (Å²) in [6.45, 7) is 11.2. The highest BCUT2D eigenvalue weighted by Gasteiger charge is 2.22. The molecule has 0 aliphatic rings. The van der Waals surface area contributed by atoms with E-state index in [2.05, 4.69) is 25.5 Å². The van der Waals surface area contributed by atoms with E-state index in [1.165, 1.54) is 0 Å². The molecule has 0 saturated carbocycles. The standard InChI is InChI=1S/C16H31N5O3S.HI/c1-7-13-12(14(8-2)24-20-13)10-18-15(17-9-3)19-11-16(4,5)21-25(6,22)23;/h21H,7-11H2,1-6H3,(H2,17,18,19);1H. The molecule has 0 atom stereocenters. The summed E-state index contributed by atoms with van der Waals surface area (Å²) < 4.78 is 30.8. The maximum atomic E-state index is 11.4. The van der Waals surface area contributed by atoms with Gasteiger partial charge in [0.05, 0.1) is 18.5 Å². The van der Waals surface area contributed by atoms with Crippen molar-refractivity contribution in [2.45, 2.75) is 59.5 Å². The highest BCUT2D eigenvalue weighted by Crippen LogP contribution is 2.16. The molecule has 0 fully saturated rings. The molecule has 1 rings (SSSR count). The maximum Gasteiger partial charge on any atom is 0.209 e. The quantitative estimate of drug-likeness (QED) is 0.271. The third kappa shape index (κ3) is 8.67.